The SMILES string of the molecule is CCCCCCCCC(CCCCCCCC)OC(O)CCCCCCCN(CCO)CCCC(=O)OCCCCC. The highest BCUT2D eigenvalue weighted by Crippen LogP contribution is 2.19. The van der Waals surface area contributed by atoms with Crippen molar-refractivity contribution >= 4 is 5.97 Å². The summed E-state index contributed by atoms with van der Waals surface area (Å²) >= 11 is 0. The molecule has 0 radical (unpaired) electrons. The van der Waals surface area contributed by atoms with E-state index >= 15 is 0 Å². The molecule has 0 amide bonds. The Balaban J connectivity index is 4.08. The van der Waals surface area contributed by atoms with Crippen molar-refractivity contribution in [3.05, 3.63) is 0 Å². The van der Waals surface area contributed by atoms with E-state index in [1.54, 1.807) is 0 Å². The van der Waals surface area contributed by atoms with Crippen molar-refractivity contribution in [3.63, 3.8) is 0 Å². The number of ether oxygens (including phenoxy) is 2. The van der Waals surface area contributed by atoms with Gasteiger partial charge in [0.1, 0.15) is 0 Å². The molecule has 1 unspecified atom stereocenters. The molecule has 6 nitrogen and oxygen atoms in total. The molecule has 0 saturated heterocycles. The van der Waals surface area contributed by atoms with E-state index in [2.05, 4.69) is 25.7 Å². The van der Waals surface area contributed by atoms with Crippen molar-refractivity contribution in [2.45, 2.75) is 194 Å². The van der Waals surface area contributed by atoms with Gasteiger partial charge in [0.2, 0.25) is 0 Å². The number of hydrogen-bond acceptors (Lipinski definition) is 6. The van der Waals surface area contributed by atoms with Gasteiger partial charge in [-0.2, -0.15) is 0 Å². The van der Waals surface area contributed by atoms with E-state index in [9.17, 15) is 15.0 Å². The summed E-state index contributed by atoms with van der Waals surface area (Å²) in [4.78, 5) is 14.1. The van der Waals surface area contributed by atoms with Gasteiger partial charge in [-0.15, -0.1) is 0 Å². The van der Waals surface area contributed by atoms with E-state index < -0.39 is 6.29 Å². The summed E-state index contributed by atoms with van der Waals surface area (Å²) in [6.07, 6.45) is 28.0. The molecule has 0 aliphatic rings. The maximum Gasteiger partial charge on any atom is 0.305 e. The van der Waals surface area contributed by atoms with Gasteiger partial charge in [-0.05, 0) is 58.0 Å². The van der Waals surface area contributed by atoms with Crippen LogP contribution in [-0.2, 0) is 14.3 Å². The average molecular weight is 600 g/mol. The first kappa shape index (κ1) is 41.3. The minimum atomic E-state index is -0.631. The van der Waals surface area contributed by atoms with E-state index in [0.29, 0.717) is 19.6 Å². The second-order valence-electron chi connectivity index (χ2n) is 12.5. The van der Waals surface area contributed by atoms with Gasteiger partial charge in [0.25, 0.3) is 0 Å². The summed E-state index contributed by atoms with van der Waals surface area (Å²) < 4.78 is 11.5. The first-order valence-corrected chi connectivity index (χ1v) is 18.4. The van der Waals surface area contributed by atoms with Crippen LogP contribution in [0.25, 0.3) is 0 Å². The lowest BCUT2D eigenvalue weighted by atomic mass is 10.0. The number of aliphatic hydroxyl groups excluding tert-OH is 2. The third-order valence-electron chi connectivity index (χ3n) is 8.32. The number of rotatable bonds is 34. The van der Waals surface area contributed by atoms with Crippen LogP contribution in [0.4, 0.5) is 0 Å². The summed E-state index contributed by atoms with van der Waals surface area (Å²) in [5, 5.41) is 20.0. The van der Waals surface area contributed by atoms with Crippen LogP contribution in [0, 0.1) is 0 Å². The summed E-state index contributed by atoms with van der Waals surface area (Å²) in [6.45, 7) is 9.80. The predicted octanol–water partition coefficient (Wildman–Crippen LogP) is 9.34. The first-order valence-electron chi connectivity index (χ1n) is 18.4. The summed E-state index contributed by atoms with van der Waals surface area (Å²) in [5.41, 5.74) is 0. The molecule has 252 valence electrons. The van der Waals surface area contributed by atoms with Gasteiger partial charge >= 0.3 is 5.97 Å². The van der Waals surface area contributed by atoms with Gasteiger partial charge in [0, 0.05) is 13.0 Å². The Morgan fingerprint density at radius 1 is 0.595 bits per heavy atom. The molecule has 0 saturated carbocycles. The zero-order valence-electron chi connectivity index (χ0n) is 28.4. The summed E-state index contributed by atoms with van der Waals surface area (Å²) in [7, 11) is 0. The Kier molecular flexibility index (Phi) is 32.7. The Morgan fingerprint density at radius 3 is 1.64 bits per heavy atom. The highest BCUT2D eigenvalue weighted by atomic mass is 16.6. The molecule has 0 aliphatic heterocycles. The lowest BCUT2D eigenvalue weighted by Crippen LogP contribution is -2.29. The monoisotopic (exact) mass is 600 g/mol. The molecule has 6 heteroatoms. The lowest BCUT2D eigenvalue weighted by molar-refractivity contribution is -0.144. The molecular weight excluding hydrogens is 526 g/mol. The van der Waals surface area contributed by atoms with Gasteiger partial charge in [-0.1, -0.05) is 130 Å². The Labute approximate surface area is 261 Å². The van der Waals surface area contributed by atoms with Crippen LogP contribution in [-0.4, -0.2) is 66.3 Å². The minimum Gasteiger partial charge on any atom is -0.466 e. The van der Waals surface area contributed by atoms with Crippen LogP contribution >= 0.6 is 0 Å². The quantitative estimate of drug-likeness (QED) is 0.0436. The van der Waals surface area contributed by atoms with Crippen molar-refractivity contribution in [1.82, 2.24) is 4.90 Å². The average Bonchev–Trinajstić information content (AvgIpc) is 2.98. The third kappa shape index (κ3) is 29.4. The van der Waals surface area contributed by atoms with E-state index in [1.807, 2.05) is 0 Å². The fourth-order valence-corrected chi connectivity index (χ4v) is 5.59. The zero-order chi connectivity index (χ0) is 30.9. The lowest BCUT2D eigenvalue weighted by Gasteiger charge is -2.22. The number of nitrogens with zero attached hydrogens (tertiary/aromatic N) is 1. The van der Waals surface area contributed by atoms with Crippen LogP contribution in [0.2, 0.25) is 0 Å². The number of aliphatic hydroxyl groups is 2. The van der Waals surface area contributed by atoms with Crippen molar-refractivity contribution < 1.29 is 24.5 Å². The molecule has 0 aliphatic carbocycles. The van der Waals surface area contributed by atoms with Crippen LogP contribution in [0.1, 0.15) is 181 Å². The molecule has 0 fully saturated rings. The molecule has 0 heterocycles. The van der Waals surface area contributed by atoms with Crippen LogP contribution in [0.3, 0.4) is 0 Å². The van der Waals surface area contributed by atoms with E-state index in [-0.39, 0.29) is 18.7 Å². The smallest absolute Gasteiger partial charge is 0.305 e. The molecular formula is C36H73NO5. The van der Waals surface area contributed by atoms with Crippen molar-refractivity contribution in [1.29, 1.82) is 0 Å². The molecule has 0 rings (SSSR count). The Hall–Kier alpha value is -0.690. The fraction of sp³-hybridized carbons (Fsp3) is 0.972. The molecule has 0 aromatic rings. The number of hydrogen-bond donors (Lipinski definition) is 2. The largest absolute Gasteiger partial charge is 0.466 e. The molecule has 0 bridgehead atoms. The molecule has 0 spiro atoms. The molecule has 42 heavy (non-hydrogen) atoms. The Bertz CT molecular complexity index is 531. The van der Waals surface area contributed by atoms with Crippen LogP contribution in [0.5, 0.6) is 0 Å². The molecule has 1 atom stereocenters. The minimum absolute atomic E-state index is 0.0997. The first-order chi connectivity index (χ1) is 20.6. The number of carbonyl (C=O) groups excluding carboxylic acids is 1. The number of carbonyl (C=O) groups is 1. The van der Waals surface area contributed by atoms with Crippen molar-refractivity contribution in [3.8, 4) is 0 Å². The topological polar surface area (TPSA) is 79.2 Å². The highest BCUT2D eigenvalue weighted by Gasteiger charge is 2.15. The van der Waals surface area contributed by atoms with Gasteiger partial charge in [0.05, 0.1) is 19.3 Å². The second kappa shape index (κ2) is 33.2. The van der Waals surface area contributed by atoms with E-state index in [4.69, 9.17) is 9.47 Å². The van der Waals surface area contributed by atoms with Gasteiger partial charge in [0.15, 0.2) is 6.29 Å². The summed E-state index contributed by atoms with van der Waals surface area (Å²) in [5.74, 6) is -0.0997. The number of unbranched alkanes of at least 4 members (excludes halogenated alkanes) is 16. The second-order valence-corrected chi connectivity index (χ2v) is 12.5. The third-order valence-corrected chi connectivity index (χ3v) is 8.32. The molecule has 0 aromatic heterocycles. The zero-order valence-corrected chi connectivity index (χ0v) is 28.4. The molecule has 2 N–H and O–H groups in total. The highest BCUT2D eigenvalue weighted by molar-refractivity contribution is 5.69. The van der Waals surface area contributed by atoms with Gasteiger partial charge in [-0.3, -0.25) is 4.79 Å². The van der Waals surface area contributed by atoms with Crippen molar-refractivity contribution in [2.75, 3.05) is 32.8 Å². The van der Waals surface area contributed by atoms with E-state index in [1.165, 1.54) is 77.0 Å². The predicted molar refractivity (Wildman–Crippen MR) is 178 cm³/mol. The maximum absolute atomic E-state index is 11.9. The Morgan fingerprint density at radius 2 is 1.07 bits per heavy atom. The standard InChI is InChI=1S/C36H73NO5/c1-4-7-10-12-15-19-25-34(26-20-16-13-11-8-5-2)42-36(40)27-21-17-14-18-22-29-37(31-32-38)30-24-28-35(39)41-33-23-9-6-3/h34,36,38,40H,4-33H2,1-3H3. The van der Waals surface area contributed by atoms with Gasteiger partial charge < -0.3 is 24.6 Å². The van der Waals surface area contributed by atoms with Crippen LogP contribution < -0.4 is 0 Å². The normalized spacial score (nSPS) is 12.5. The van der Waals surface area contributed by atoms with Crippen molar-refractivity contribution in [2.24, 2.45) is 0 Å². The fourth-order valence-electron chi connectivity index (χ4n) is 5.59. The van der Waals surface area contributed by atoms with Crippen LogP contribution in [0.15, 0.2) is 0 Å². The van der Waals surface area contributed by atoms with Gasteiger partial charge in [-0.25, -0.2) is 0 Å². The summed E-state index contributed by atoms with van der Waals surface area (Å²) in [6, 6.07) is 0. The number of esters is 1. The molecule has 0 aromatic carbocycles. The maximum atomic E-state index is 11.9. The van der Waals surface area contributed by atoms with E-state index in [0.717, 1.165) is 90.1 Å².